The first-order valence-electron chi connectivity index (χ1n) is 8.75. The molecule has 23 heavy (non-hydrogen) atoms. The van der Waals surface area contributed by atoms with E-state index in [0.29, 0.717) is 23.7 Å². The molecule has 0 atom stereocenters. The van der Waals surface area contributed by atoms with Crippen molar-refractivity contribution in [2.45, 2.75) is 52.9 Å². The van der Waals surface area contributed by atoms with E-state index in [4.69, 9.17) is 0 Å². The summed E-state index contributed by atoms with van der Waals surface area (Å²) in [6.07, 6.45) is 8.00. The highest BCUT2D eigenvalue weighted by atomic mass is 16.2. The third-order valence-electron chi connectivity index (χ3n) is 5.01. The molecule has 0 aromatic rings. The molecule has 2 rings (SSSR count). The van der Waals surface area contributed by atoms with Gasteiger partial charge in [-0.1, -0.05) is 40.2 Å². The second-order valence-electron chi connectivity index (χ2n) is 7.84. The SMILES string of the molecule is C=C1C=CC(=O)N1CCCCCCC(=O)N1CC(C(C)(C)C)C1. The number of hydrogen-bond acceptors (Lipinski definition) is 2. The Morgan fingerprint density at radius 1 is 1.17 bits per heavy atom. The third kappa shape index (κ3) is 4.69. The lowest BCUT2D eigenvalue weighted by Gasteiger charge is -2.46. The van der Waals surface area contributed by atoms with Crippen LogP contribution in [0.4, 0.5) is 0 Å². The summed E-state index contributed by atoms with van der Waals surface area (Å²) in [6, 6.07) is 0. The highest BCUT2D eigenvalue weighted by molar-refractivity contribution is 5.92. The number of likely N-dealkylation sites (tertiary alicyclic amines) is 1. The average Bonchev–Trinajstić information content (AvgIpc) is 2.70. The molecule has 0 unspecified atom stereocenters. The van der Waals surface area contributed by atoms with Crippen molar-refractivity contribution in [3.05, 3.63) is 24.4 Å². The molecule has 1 fully saturated rings. The predicted octanol–water partition coefficient (Wildman–Crippen LogP) is 3.35. The van der Waals surface area contributed by atoms with Crippen LogP contribution >= 0.6 is 0 Å². The molecule has 0 spiro atoms. The Balaban J connectivity index is 1.51. The molecule has 4 heteroatoms. The normalized spacial score (nSPS) is 18.7. The second kappa shape index (κ2) is 7.33. The summed E-state index contributed by atoms with van der Waals surface area (Å²) in [5.74, 6) is 0.986. The number of carbonyl (C=O) groups excluding carboxylic acids is 2. The van der Waals surface area contributed by atoms with Crippen molar-refractivity contribution in [3.63, 3.8) is 0 Å². The minimum absolute atomic E-state index is 0.0383. The van der Waals surface area contributed by atoms with E-state index in [1.165, 1.54) is 0 Å². The zero-order valence-corrected chi connectivity index (χ0v) is 14.8. The summed E-state index contributed by atoms with van der Waals surface area (Å²) < 4.78 is 0. The van der Waals surface area contributed by atoms with Gasteiger partial charge in [0.1, 0.15) is 0 Å². The van der Waals surface area contributed by atoms with Crippen molar-refractivity contribution in [1.82, 2.24) is 9.80 Å². The number of carbonyl (C=O) groups is 2. The van der Waals surface area contributed by atoms with Crippen LogP contribution in [0, 0.1) is 11.3 Å². The van der Waals surface area contributed by atoms with Gasteiger partial charge in [0.15, 0.2) is 0 Å². The summed E-state index contributed by atoms with van der Waals surface area (Å²) in [5.41, 5.74) is 1.10. The zero-order valence-electron chi connectivity index (χ0n) is 14.8. The van der Waals surface area contributed by atoms with Crippen LogP contribution in [-0.4, -0.2) is 41.2 Å². The Morgan fingerprint density at radius 3 is 2.39 bits per heavy atom. The molecular formula is C19H30N2O2. The molecule has 2 aliphatic heterocycles. The van der Waals surface area contributed by atoms with Crippen LogP contribution in [0.1, 0.15) is 52.9 Å². The Morgan fingerprint density at radius 2 is 1.83 bits per heavy atom. The molecule has 0 radical (unpaired) electrons. The van der Waals surface area contributed by atoms with Crippen LogP contribution in [0.3, 0.4) is 0 Å². The number of nitrogens with zero attached hydrogens (tertiary/aromatic N) is 2. The third-order valence-corrected chi connectivity index (χ3v) is 5.01. The van der Waals surface area contributed by atoms with Crippen molar-refractivity contribution in [1.29, 1.82) is 0 Å². The fraction of sp³-hybridized carbons (Fsp3) is 0.684. The molecule has 1 saturated heterocycles. The Kier molecular flexibility index (Phi) is 5.66. The summed E-state index contributed by atoms with van der Waals surface area (Å²) in [7, 11) is 0. The van der Waals surface area contributed by atoms with E-state index >= 15 is 0 Å². The fourth-order valence-electron chi connectivity index (χ4n) is 3.03. The molecule has 0 aliphatic carbocycles. The lowest BCUT2D eigenvalue weighted by Crippen LogP contribution is -2.54. The first kappa shape index (κ1) is 17.8. The zero-order chi connectivity index (χ0) is 17.0. The van der Waals surface area contributed by atoms with E-state index in [0.717, 1.165) is 51.0 Å². The van der Waals surface area contributed by atoms with Crippen LogP contribution in [0.15, 0.2) is 24.4 Å². The maximum absolute atomic E-state index is 12.1. The van der Waals surface area contributed by atoms with Crippen molar-refractivity contribution in [3.8, 4) is 0 Å². The summed E-state index contributed by atoms with van der Waals surface area (Å²) >= 11 is 0. The van der Waals surface area contributed by atoms with Crippen LogP contribution < -0.4 is 0 Å². The quantitative estimate of drug-likeness (QED) is 0.675. The molecule has 4 nitrogen and oxygen atoms in total. The van der Waals surface area contributed by atoms with E-state index in [2.05, 4.69) is 27.4 Å². The monoisotopic (exact) mass is 318 g/mol. The lowest BCUT2D eigenvalue weighted by molar-refractivity contribution is -0.140. The molecule has 0 bridgehead atoms. The second-order valence-corrected chi connectivity index (χ2v) is 7.84. The standard InChI is InChI=1S/C19H30N2O2/c1-15-10-11-18(23)21(15)12-8-6-5-7-9-17(22)20-13-16(14-20)19(2,3)4/h10-11,16H,1,5-9,12-14H2,2-4H3. The van der Waals surface area contributed by atoms with Gasteiger partial charge in [0.05, 0.1) is 0 Å². The van der Waals surface area contributed by atoms with E-state index in [9.17, 15) is 9.59 Å². The van der Waals surface area contributed by atoms with Gasteiger partial charge in [-0.15, -0.1) is 0 Å². The van der Waals surface area contributed by atoms with Gasteiger partial charge in [-0.3, -0.25) is 9.59 Å². The first-order valence-corrected chi connectivity index (χ1v) is 8.75. The van der Waals surface area contributed by atoms with Crippen molar-refractivity contribution in [2.75, 3.05) is 19.6 Å². The average molecular weight is 318 g/mol. The summed E-state index contributed by atoms with van der Waals surface area (Å²) in [4.78, 5) is 27.3. The maximum atomic E-state index is 12.1. The molecule has 0 saturated carbocycles. The topological polar surface area (TPSA) is 40.6 Å². The van der Waals surface area contributed by atoms with Gasteiger partial charge in [-0.05, 0) is 30.3 Å². The Hall–Kier alpha value is -1.58. The highest BCUT2D eigenvalue weighted by Gasteiger charge is 2.37. The molecule has 0 N–H and O–H groups in total. The number of amides is 2. The van der Waals surface area contributed by atoms with Crippen LogP contribution in [0.2, 0.25) is 0 Å². The van der Waals surface area contributed by atoms with Crippen molar-refractivity contribution >= 4 is 11.8 Å². The predicted molar refractivity (Wildman–Crippen MR) is 92.6 cm³/mol. The minimum atomic E-state index is 0.0383. The molecule has 2 aliphatic rings. The summed E-state index contributed by atoms with van der Waals surface area (Å²) in [5, 5.41) is 0. The number of rotatable bonds is 7. The maximum Gasteiger partial charge on any atom is 0.251 e. The van der Waals surface area contributed by atoms with Gasteiger partial charge < -0.3 is 9.80 Å². The van der Waals surface area contributed by atoms with Crippen LogP contribution in [0.5, 0.6) is 0 Å². The van der Waals surface area contributed by atoms with E-state index in [1.54, 1.807) is 17.1 Å². The van der Waals surface area contributed by atoms with Gasteiger partial charge in [-0.25, -0.2) is 0 Å². The highest BCUT2D eigenvalue weighted by Crippen LogP contribution is 2.33. The molecule has 2 heterocycles. The van der Waals surface area contributed by atoms with Gasteiger partial charge >= 0.3 is 0 Å². The number of allylic oxidation sites excluding steroid dienone is 1. The van der Waals surface area contributed by atoms with E-state index < -0.39 is 0 Å². The van der Waals surface area contributed by atoms with Crippen molar-refractivity contribution in [2.24, 2.45) is 11.3 Å². The number of unbranched alkanes of at least 4 members (excludes halogenated alkanes) is 3. The van der Waals surface area contributed by atoms with Crippen LogP contribution in [0.25, 0.3) is 0 Å². The fourth-order valence-corrected chi connectivity index (χ4v) is 3.03. The largest absolute Gasteiger partial charge is 0.342 e. The van der Waals surface area contributed by atoms with E-state index in [1.807, 2.05) is 4.90 Å². The minimum Gasteiger partial charge on any atom is -0.342 e. The molecule has 0 aromatic carbocycles. The first-order chi connectivity index (χ1) is 10.8. The van der Waals surface area contributed by atoms with Gasteiger partial charge in [0.2, 0.25) is 5.91 Å². The number of hydrogen-bond donors (Lipinski definition) is 0. The molecular weight excluding hydrogens is 288 g/mol. The Labute approximate surface area is 140 Å². The molecule has 0 aromatic heterocycles. The molecule has 128 valence electrons. The van der Waals surface area contributed by atoms with Crippen molar-refractivity contribution < 1.29 is 9.59 Å². The Bertz CT molecular complexity index is 478. The smallest absolute Gasteiger partial charge is 0.251 e. The lowest BCUT2D eigenvalue weighted by atomic mass is 9.76. The van der Waals surface area contributed by atoms with Gasteiger partial charge in [0.25, 0.3) is 5.91 Å². The molecule has 2 amide bonds. The summed E-state index contributed by atoms with van der Waals surface area (Å²) in [6.45, 7) is 13.2. The van der Waals surface area contributed by atoms with Gasteiger partial charge in [-0.2, -0.15) is 0 Å². The van der Waals surface area contributed by atoms with Crippen LogP contribution in [-0.2, 0) is 9.59 Å². The van der Waals surface area contributed by atoms with E-state index in [-0.39, 0.29) is 5.91 Å². The van der Waals surface area contributed by atoms with Gasteiger partial charge in [0, 0.05) is 37.8 Å².